The number of hydrogen-bond acceptors (Lipinski definition) is 4. The second kappa shape index (κ2) is 6.59. The number of hydrogen-bond donors (Lipinski definition) is 1. The van der Waals surface area contributed by atoms with Gasteiger partial charge in [0.05, 0.1) is 27.6 Å². The average molecular weight is 377 g/mol. The average Bonchev–Trinajstić information content (AvgIpc) is 3.09. The molecule has 0 spiro atoms. The number of carbonyl (C=O) groups excluding carboxylic acids is 1. The molecule has 2 fully saturated rings. The van der Waals surface area contributed by atoms with Crippen molar-refractivity contribution in [3.63, 3.8) is 0 Å². The number of sulfone groups is 1. The Labute approximate surface area is 145 Å². The highest BCUT2D eigenvalue weighted by molar-refractivity contribution is 7.91. The lowest BCUT2D eigenvalue weighted by molar-refractivity contribution is 0.0918. The fraction of sp³-hybridized carbons (Fsp3) is 0.533. The number of benzene rings is 1. The van der Waals surface area contributed by atoms with Gasteiger partial charge in [-0.1, -0.05) is 23.2 Å². The molecule has 1 aromatic rings. The number of likely N-dealkylation sites (tertiary alicyclic amines) is 1. The van der Waals surface area contributed by atoms with E-state index >= 15 is 0 Å². The van der Waals surface area contributed by atoms with Gasteiger partial charge < -0.3 is 5.32 Å². The molecule has 23 heavy (non-hydrogen) atoms. The fourth-order valence-electron chi connectivity index (χ4n) is 3.29. The molecule has 2 aliphatic heterocycles. The number of nitrogens with one attached hydrogen (secondary N) is 1. The van der Waals surface area contributed by atoms with Crippen molar-refractivity contribution in [1.29, 1.82) is 0 Å². The van der Waals surface area contributed by atoms with Crippen molar-refractivity contribution in [3.05, 3.63) is 33.8 Å². The maximum absolute atomic E-state index is 12.4. The summed E-state index contributed by atoms with van der Waals surface area (Å²) in [6.07, 6.45) is 2.15. The number of halogens is 2. The number of carbonyl (C=O) groups is 1. The van der Waals surface area contributed by atoms with Crippen LogP contribution in [0.2, 0.25) is 10.0 Å². The van der Waals surface area contributed by atoms with E-state index in [0.29, 0.717) is 15.6 Å². The molecule has 1 amide bonds. The number of rotatable bonds is 3. The standard InChI is InChI=1S/C15H18Cl2N2O3S/c16-11-4-3-10(7-12(11)17)15(20)18-13-8-23(21,22)9-14(13)19-5-1-2-6-19/h3-4,7,13-14H,1-2,5-6,8-9H2,(H,18,20). The highest BCUT2D eigenvalue weighted by atomic mass is 35.5. The van der Waals surface area contributed by atoms with Gasteiger partial charge in [-0.3, -0.25) is 9.69 Å². The maximum atomic E-state index is 12.4. The van der Waals surface area contributed by atoms with E-state index < -0.39 is 9.84 Å². The minimum atomic E-state index is -3.13. The van der Waals surface area contributed by atoms with Crippen LogP contribution < -0.4 is 5.32 Å². The first-order valence-corrected chi connectivity index (χ1v) is 10.1. The molecule has 5 nitrogen and oxygen atoms in total. The van der Waals surface area contributed by atoms with Crippen molar-refractivity contribution in [2.24, 2.45) is 0 Å². The highest BCUT2D eigenvalue weighted by Gasteiger charge is 2.42. The van der Waals surface area contributed by atoms with Crippen LogP contribution >= 0.6 is 23.2 Å². The number of nitrogens with zero attached hydrogens (tertiary/aromatic N) is 1. The Hall–Kier alpha value is -0.820. The smallest absolute Gasteiger partial charge is 0.251 e. The van der Waals surface area contributed by atoms with Gasteiger partial charge in [0.1, 0.15) is 0 Å². The van der Waals surface area contributed by atoms with E-state index in [2.05, 4.69) is 10.2 Å². The normalized spacial score (nSPS) is 27.2. The third-order valence-corrected chi connectivity index (χ3v) is 6.89. The van der Waals surface area contributed by atoms with Crippen LogP contribution in [0.1, 0.15) is 23.2 Å². The van der Waals surface area contributed by atoms with Crippen molar-refractivity contribution in [1.82, 2.24) is 10.2 Å². The van der Waals surface area contributed by atoms with Gasteiger partial charge >= 0.3 is 0 Å². The fourth-order valence-corrected chi connectivity index (χ4v) is 5.54. The summed E-state index contributed by atoms with van der Waals surface area (Å²) in [7, 11) is -3.13. The van der Waals surface area contributed by atoms with Crippen LogP contribution in [-0.4, -0.2) is 55.9 Å². The Balaban J connectivity index is 1.76. The summed E-state index contributed by atoms with van der Waals surface area (Å²) >= 11 is 11.8. The molecular formula is C15H18Cl2N2O3S. The molecule has 1 N–H and O–H groups in total. The molecule has 2 unspecified atom stereocenters. The van der Waals surface area contributed by atoms with Gasteiger partial charge in [-0.15, -0.1) is 0 Å². The Kier molecular flexibility index (Phi) is 4.88. The molecule has 0 aromatic heterocycles. The lowest BCUT2D eigenvalue weighted by Crippen LogP contribution is -2.50. The summed E-state index contributed by atoms with van der Waals surface area (Å²) in [5, 5.41) is 3.54. The topological polar surface area (TPSA) is 66.5 Å². The van der Waals surface area contributed by atoms with Crippen molar-refractivity contribution >= 4 is 38.9 Å². The number of amides is 1. The summed E-state index contributed by atoms with van der Waals surface area (Å²) in [5.41, 5.74) is 0.379. The molecule has 2 atom stereocenters. The van der Waals surface area contributed by atoms with Crippen molar-refractivity contribution in [3.8, 4) is 0 Å². The zero-order valence-corrected chi connectivity index (χ0v) is 14.8. The molecule has 2 aliphatic rings. The second-order valence-electron chi connectivity index (χ2n) is 6.10. The first kappa shape index (κ1) is 17.0. The lowest BCUT2D eigenvalue weighted by atomic mass is 10.1. The predicted octanol–water partition coefficient (Wildman–Crippen LogP) is 1.98. The van der Waals surface area contributed by atoms with Gasteiger partial charge in [0.2, 0.25) is 0 Å². The van der Waals surface area contributed by atoms with Crippen LogP contribution in [0.15, 0.2) is 18.2 Å². The van der Waals surface area contributed by atoms with Crippen LogP contribution in [0.4, 0.5) is 0 Å². The van der Waals surface area contributed by atoms with Crippen LogP contribution in [0, 0.1) is 0 Å². The van der Waals surface area contributed by atoms with Crippen molar-refractivity contribution in [2.75, 3.05) is 24.6 Å². The summed E-state index contributed by atoms with van der Waals surface area (Å²) in [4.78, 5) is 14.6. The molecule has 8 heteroatoms. The SMILES string of the molecule is O=C(NC1CS(=O)(=O)CC1N1CCCC1)c1ccc(Cl)c(Cl)c1. The molecule has 0 bridgehead atoms. The zero-order chi connectivity index (χ0) is 16.6. The zero-order valence-electron chi connectivity index (χ0n) is 12.5. The lowest BCUT2D eigenvalue weighted by Gasteiger charge is -2.28. The van der Waals surface area contributed by atoms with Crippen LogP contribution in [-0.2, 0) is 9.84 Å². The summed E-state index contributed by atoms with van der Waals surface area (Å²) in [6, 6.07) is 4.10. The molecule has 0 saturated carbocycles. The third-order valence-electron chi connectivity index (χ3n) is 4.43. The molecule has 0 radical (unpaired) electrons. The van der Waals surface area contributed by atoms with Gasteiger partial charge in [0.15, 0.2) is 9.84 Å². The Bertz CT molecular complexity index is 717. The van der Waals surface area contributed by atoms with Crippen LogP contribution in [0.25, 0.3) is 0 Å². The van der Waals surface area contributed by atoms with Gasteiger partial charge in [-0.05, 0) is 44.1 Å². The molecule has 2 heterocycles. The Morgan fingerprint density at radius 3 is 2.48 bits per heavy atom. The summed E-state index contributed by atoms with van der Waals surface area (Å²) < 4.78 is 24.0. The van der Waals surface area contributed by atoms with E-state index in [4.69, 9.17) is 23.2 Å². The summed E-state index contributed by atoms with van der Waals surface area (Å²) in [5.74, 6) is -0.226. The Morgan fingerprint density at radius 2 is 1.83 bits per heavy atom. The largest absolute Gasteiger partial charge is 0.347 e. The van der Waals surface area contributed by atoms with Crippen molar-refractivity contribution < 1.29 is 13.2 Å². The minimum Gasteiger partial charge on any atom is -0.347 e. The monoisotopic (exact) mass is 376 g/mol. The van der Waals surface area contributed by atoms with Crippen molar-refractivity contribution in [2.45, 2.75) is 24.9 Å². The van der Waals surface area contributed by atoms with Crippen LogP contribution in [0.3, 0.4) is 0 Å². The van der Waals surface area contributed by atoms with Gasteiger partial charge in [-0.2, -0.15) is 0 Å². The predicted molar refractivity (Wildman–Crippen MR) is 91.0 cm³/mol. The highest BCUT2D eigenvalue weighted by Crippen LogP contribution is 2.25. The minimum absolute atomic E-state index is 0.0127. The second-order valence-corrected chi connectivity index (χ2v) is 9.06. The van der Waals surface area contributed by atoms with E-state index in [1.807, 2.05) is 0 Å². The van der Waals surface area contributed by atoms with E-state index in [9.17, 15) is 13.2 Å². The van der Waals surface area contributed by atoms with E-state index in [0.717, 1.165) is 25.9 Å². The molecule has 1 aromatic carbocycles. The molecular weight excluding hydrogens is 359 g/mol. The van der Waals surface area contributed by atoms with Crippen LogP contribution in [0.5, 0.6) is 0 Å². The quantitative estimate of drug-likeness (QED) is 0.875. The summed E-state index contributed by atoms with van der Waals surface area (Å²) in [6.45, 7) is 1.78. The van der Waals surface area contributed by atoms with Gasteiger partial charge in [0, 0.05) is 11.6 Å². The molecule has 0 aliphatic carbocycles. The maximum Gasteiger partial charge on any atom is 0.251 e. The first-order chi connectivity index (χ1) is 10.9. The first-order valence-electron chi connectivity index (χ1n) is 7.56. The van der Waals surface area contributed by atoms with E-state index in [1.165, 1.54) is 6.07 Å². The third kappa shape index (κ3) is 3.82. The molecule has 2 saturated heterocycles. The molecule has 126 valence electrons. The van der Waals surface area contributed by atoms with Gasteiger partial charge in [0.25, 0.3) is 5.91 Å². The molecule has 3 rings (SSSR count). The van der Waals surface area contributed by atoms with Gasteiger partial charge in [-0.25, -0.2) is 8.42 Å². The Morgan fingerprint density at radius 1 is 1.13 bits per heavy atom. The van der Waals surface area contributed by atoms with E-state index in [1.54, 1.807) is 12.1 Å². The van der Waals surface area contributed by atoms with E-state index in [-0.39, 0.29) is 29.5 Å².